The number of carbonyl (C=O) groups excluding carboxylic acids is 1. The lowest BCUT2D eigenvalue weighted by Crippen LogP contribution is -2.49. The fourth-order valence-electron chi connectivity index (χ4n) is 3.57. The van der Waals surface area contributed by atoms with E-state index in [0.29, 0.717) is 24.5 Å². The van der Waals surface area contributed by atoms with Gasteiger partial charge in [0.05, 0.1) is 4.90 Å². The minimum Gasteiger partial charge on any atom is -0.457 e. The first kappa shape index (κ1) is 22.2. The minimum atomic E-state index is -3.95. The monoisotopic (exact) mass is 433 g/mol. The van der Waals surface area contributed by atoms with E-state index in [1.54, 1.807) is 29.7 Å². The number of rotatable bonds is 8. The number of likely N-dealkylation sites (N-methyl/N-ethyl adjacent to an activating group) is 1. The molecule has 2 atom stereocenters. The molecule has 1 fully saturated rings. The average molecular weight is 434 g/mol. The topological polar surface area (TPSA) is 108 Å². The van der Waals surface area contributed by atoms with Crippen LogP contribution in [0, 0.1) is 5.92 Å². The average Bonchev–Trinajstić information content (AvgIpc) is 2.78. The smallest absolute Gasteiger partial charge is 0.261 e. The summed E-state index contributed by atoms with van der Waals surface area (Å²) in [7, 11) is -2.59. The first-order valence-electron chi connectivity index (χ1n) is 9.87. The second-order valence-electron chi connectivity index (χ2n) is 7.35. The second-order valence-corrected chi connectivity index (χ2v) is 9.35. The Kier molecular flexibility index (Phi) is 7.43. The van der Waals surface area contributed by atoms with Gasteiger partial charge in [0.1, 0.15) is 17.5 Å². The number of para-hydroxylation sites is 1. The summed E-state index contributed by atoms with van der Waals surface area (Å²) in [4.78, 5) is 12.3. The normalized spacial score (nSPS) is 18.0. The molecule has 3 rings (SSSR count). The Morgan fingerprint density at radius 2 is 1.87 bits per heavy atom. The third kappa shape index (κ3) is 5.37. The maximum Gasteiger partial charge on any atom is 0.261 e. The van der Waals surface area contributed by atoms with Gasteiger partial charge in [-0.2, -0.15) is 4.31 Å². The Bertz CT molecular complexity index is 929. The number of sulfonamides is 1. The Morgan fingerprint density at radius 1 is 1.20 bits per heavy atom. The zero-order valence-electron chi connectivity index (χ0n) is 16.8. The molecule has 162 valence electrons. The van der Waals surface area contributed by atoms with E-state index in [-0.39, 0.29) is 10.8 Å². The van der Waals surface area contributed by atoms with Gasteiger partial charge in [0.2, 0.25) is 10.0 Å². The maximum atomic E-state index is 13.1. The Labute approximate surface area is 176 Å². The van der Waals surface area contributed by atoms with E-state index in [1.807, 2.05) is 18.2 Å². The molecule has 2 aromatic rings. The molecular formula is C21H27N3O5S. The highest BCUT2D eigenvalue weighted by Gasteiger charge is 2.35. The number of nitrogens with zero attached hydrogens (tertiary/aromatic N) is 1. The number of carbonyl (C=O) groups is 1. The lowest BCUT2D eigenvalue weighted by Gasteiger charge is -2.31. The fraction of sp³-hybridized carbons (Fsp3) is 0.381. The highest BCUT2D eigenvalue weighted by atomic mass is 32.2. The van der Waals surface area contributed by atoms with Crippen LogP contribution in [0.25, 0.3) is 0 Å². The zero-order valence-corrected chi connectivity index (χ0v) is 17.6. The van der Waals surface area contributed by atoms with Crippen LogP contribution < -0.4 is 15.5 Å². The summed E-state index contributed by atoms with van der Waals surface area (Å²) >= 11 is 0. The SMILES string of the molecule is CN([C@@H](CC1CCCNC1)C(=O)NO)S(=O)(=O)c1ccc(Oc2ccccc2)cc1. The molecule has 1 aliphatic rings. The lowest BCUT2D eigenvalue weighted by molar-refractivity contribution is -0.133. The van der Waals surface area contributed by atoms with Crippen LogP contribution in [0.3, 0.4) is 0 Å². The summed E-state index contributed by atoms with van der Waals surface area (Å²) in [5.41, 5.74) is 1.61. The summed E-state index contributed by atoms with van der Waals surface area (Å²) in [5.74, 6) is 0.558. The molecule has 1 saturated heterocycles. The van der Waals surface area contributed by atoms with Crippen LogP contribution in [0.5, 0.6) is 11.5 Å². The molecule has 2 aromatic carbocycles. The van der Waals surface area contributed by atoms with Gasteiger partial charge < -0.3 is 10.1 Å². The van der Waals surface area contributed by atoms with Crippen molar-refractivity contribution < 1.29 is 23.2 Å². The van der Waals surface area contributed by atoms with E-state index < -0.39 is 22.0 Å². The quantitative estimate of drug-likeness (QED) is 0.436. The molecule has 0 spiro atoms. The number of ether oxygens (including phenoxy) is 1. The first-order valence-corrected chi connectivity index (χ1v) is 11.3. The molecule has 0 aliphatic carbocycles. The number of hydroxylamine groups is 1. The van der Waals surface area contributed by atoms with Gasteiger partial charge in [-0.05, 0) is 74.7 Å². The van der Waals surface area contributed by atoms with Gasteiger partial charge in [-0.1, -0.05) is 18.2 Å². The van der Waals surface area contributed by atoms with Crippen LogP contribution in [0.2, 0.25) is 0 Å². The van der Waals surface area contributed by atoms with Crippen molar-refractivity contribution >= 4 is 15.9 Å². The van der Waals surface area contributed by atoms with Crippen LogP contribution in [0.1, 0.15) is 19.3 Å². The van der Waals surface area contributed by atoms with Gasteiger partial charge in [-0.15, -0.1) is 0 Å². The third-order valence-corrected chi connectivity index (χ3v) is 7.17. The van der Waals surface area contributed by atoms with Crippen LogP contribution in [-0.2, 0) is 14.8 Å². The van der Waals surface area contributed by atoms with Gasteiger partial charge in [-0.3, -0.25) is 10.0 Å². The number of benzene rings is 2. The van der Waals surface area contributed by atoms with Crippen molar-refractivity contribution in [1.29, 1.82) is 0 Å². The standard InChI is InChI=1S/C21H27N3O5S/c1-24(20(21(25)23-26)14-16-6-5-13-22-15-16)30(27,28)19-11-9-18(10-12-19)29-17-7-3-2-4-8-17/h2-4,7-12,16,20,22,26H,5-6,13-15H2,1H3,(H,23,25)/t16?,20-/m0/s1. The van der Waals surface area contributed by atoms with Crippen LogP contribution >= 0.6 is 0 Å². The van der Waals surface area contributed by atoms with Crippen molar-refractivity contribution in [3.05, 3.63) is 54.6 Å². The third-order valence-electron chi connectivity index (χ3n) is 5.29. The maximum absolute atomic E-state index is 13.1. The number of amides is 1. The van der Waals surface area contributed by atoms with Crippen LogP contribution in [-0.4, -0.2) is 50.0 Å². The molecule has 9 heteroatoms. The van der Waals surface area contributed by atoms with E-state index in [1.165, 1.54) is 19.2 Å². The van der Waals surface area contributed by atoms with Gasteiger partial charge in [-0.25, -0.2) is 13.9 Å². The molecule has 8 nitrogen and oxygen atoms in total. The van der Waals surface area contributed by atoms with Crippen molar-refractivity contribution in [2.45, 2.75) is 30.2 Å². The lowest BCUT2D eigenvalue weighted by atomic mass is 9.92. The molecule has 1 heterocycles. The van der Waals surface area contributed by atoms with Gasteiger partial charge in [0, 0.05) is 7.05 Å². The Balaban J connectivity index is 1.76. The highest BCUT2D eigenvalue weighted by molar-refractivity contribution is 7.89. The second kappa shape index (κ2) is 10.0. The van der Waals surface area contributed by atoms with E-state index in [9.17, 15) is 13.2 Å². The van der Waals surface area contributed by atoms with Crippen molar-refractivity contribution in [1.82, 2.24) is 15.1 Å². The summed E-state index contributed by atoms with van der Waals surface area (Å²) in [6, 6.07) is 14.2. The number of piperidine rings is 1. The van der Waals surface area contributed by atoms with E-state index in [4.69, 9.17) is 9.94 Å². The summed E-state index contributed by atoms with van der Waals surface area (Å²) in [5, 5.41) is 12.4. The number of hydrogen-bond acceptors (Lipinski definition) is 6. The molecular weight excluding hydrogens is 406 g/mol. The molecule has 1 unspecified atom stereocenters. The zero-order chi connectivity index (χ0) is 21.6. The molecule has 0 bridgehead atoms. The number of hydrogen-bond donors (Lipinski definition) is 3. The fourth-order valence-corrected chi connectivity index (χ4v) is 4.90. The highest BCUT2D eigenvalue weighted by Crippen LogP contribution is 2.26. The molecule has 1 amide bonds. The van der Waals surface area contributed by atoms with Gasteiger partial charge in [0.15, 0.2) is 0 Å². The first-order chi connectivity index (χ1) is 14.4. The van der Waals surface area contributed by atoms with Crippen LogP contribution in [0.15, 0.2) is 59.5 Å². The summed E-state index contributed by atoms with van der Waals surface area (Å²) in [6.07, 6.45) is 2.20. The van der Waals surface area contributed by atoms with Crippen molar-refractivity contribution in [2.75, 3.05) is 20.1 Å². The molecule has 30 heavy (non-hydrogen) atoms. The largest absolute Gasteiger partial charge is 0.457 e. The van der Waals surface area contributed by atoms with Crippen molar-refractivity contribution in [3.63, 3.8) is 0 Å². The van der Waals surface area contributed by atoms with Crippen LogP contribution in [0.4, 0.5) is 0 Å². The molecule has 0 radical (unpaired) electrons. The predicted octanol–water partition coefficient (Wildman–Crippen LogP) is 2.36. The van der Waals surface area contributed by atoms with E-state index >= 15 is 0 Å². The van der Waals surface area contributed by atoms with Crippen molar-refractivity contribution in [2.24, 2.45) is 5.92 Å². The molecule has 0 saturated carbocycles. The van der Waals surface area contributed by atoms with Crippen molar-refractivity contribution in [3.8, 4) is 11.5 Å². The minimum absolute atomic E-state index is 0.0444. The Hall–Kier alpha value is -2.46. The summed E-state index contributed by atoms with van der Waals surface area (Å²) < 4.78 is 33.0. The van der Waals surface area contributed by atoms with Gasteiger partial charge in [0.25, 0.3) is 5.91 Å². The van der Waals surface area contributed by atoms with E-state index in [2.05, 4.69) is 5.32 Å². The summed E-state index contributed by atoms with van der Waals surface area (Å²) in [6.45, 7) is 1.63. The van der Waals surface area contributed by atoms with Gasteiger partial charge >= 0.3 is 0 Å². The van der Waals surface area contributed by atoms with E-state index in [0.717, 1.165) is 23.7 Å². The molecule has 0 aromatic heterocycles. The molecule has 3 N–H and O–H groups in total. The predicted molar refractivity (Wildman–Crippen MR) is 112 cm³/mol. The Morgan fingerprint density at radius 3 is 2.47 bits per heavy atom. The number of nitrogens with one attached hydrogen (secondary N) is 2. The molecule has 1 aliphatic heterocycles.